The Balaban J connectivity index is 0.989. The van der Waals surface area contributed by atoms with Crippen molar-refractivity contribution in [1.29, 1.82) is 0 Å². The van der Waals surface area contributed by atoms with E-state index in [1.54, 1.807) is 11.3 Å². The van der Waals surface area contributed by atoms with Gasteiger partial charge in [0.05, 0.1) is 17.0 Å². The fourth-order valence-electron chi connectivity index (χ4n) is 8.81. The van der Waals surface area contributed by atoms with Crippen LogP contribution in [0.2, 0.25) is 0 Å². The van der Waals surface area contributed by atoms with E-state index < -0.39 is 0 Å². The largest absolute Gasteiger partial charge is 0.461 e. The van der Waals surface area contributed by atoms with Gasteiger partial charge in [-0.25, -0.2) is 15.0 Å². The van der Waals surface area contributed by atoms with Crippen molar-refractivity contribution in [3.63, 3.8) is 0 Å². The Morgan fingerprint density at radius 2 is 1.19 bits per heavy atom. The summed E-state index contributed by atoms with van der Waals surface area (Å²) >= 11 is 1.78. The summed E-state index contributed by atoms with van der Waals surface area (Å²) in [6, 6.07) is 57.6. The number of hydrogen-bond donors (Lipinski definition) is 0. The lowest BCUT2D eigenvalue weighted by molar-refractivity contribution is 0.425. The summed E-state index contributed by atoms with van der Waals surface area (Å²) in [6.07, 6.45) is 5.37. The molecule has 0 radical (unpaired) electrons. The highest BCUT2D eigenvalue weighted by atomic mass is 32.1. The monoisotopic (exact) mass is 748 g/mol. The Bertz CT molecular complexity index is 3300. The Labute approximate surface area is 332 Å². The number of thiophene rings is 1. The predicted octanol–water partition coefficient (Wildman–Crippen LogP) is 13.3. The number of rotatable bonds is 5. The average Bonchev–Trinajstić information content (AvgIpc) is 3.96. The van der Waals surface area contributed by atoms with Crippen molar-refractivity contribution in [3.8, 4) is 51.0 Å². The molecule has 1 aliphatic carbocycles. The minimum Gasteiger partial charge on any atom is -0.461 e. The quantitative estimate of drug-likeness (QED) is 0.176. The van der Waals surface area contributed by atoms with E-state index in [1.807, 2.05) is 18.2 Å². The van der Waals surface area contributed by atoms with Gasteiger partial charge in [0, 0.05) is 65.0 Å². The van der Waals surface area contributed by atoms with Crippen LogP contribution in [0, 0.1) is 0 Å². The maximum atomic E-state index is 6.78. The van der Waals surface area contributed by atoms with E-state index in [0.717, 1.165) is 45.9 Å². The molecule has 12 rings (SSSR count). The van der Waals surface area contributed by atoms with Crippen LogP contribution in [-0.4, -0.2) is 19.5 Å². The molecule has 0 amide bonds. The molecule has 0 saturated heterocycles. The number of para-hydroxylation sites is 1. The summed E-state index contributed by atoms with van der Waals surface area (Å²) in [5.41, 5.74) is 9.89. The zero-order valence-electron chi connectivity index (χ0n) is 30.6. The average molecular weight is 749 g/mol. The predicted molar refractivity (Wildman–Crippen MR) is 234 cm³/mol. The molecule has 0 N–H and O–H groups in total. The highest BCUT2D eigenvalue weighted by Gasteiger charge is 2.35. The lowest BCUT2D eigenvalue weighted by Gasteiger charge is -2.19. The van der Waals surface area contributed by atoms with Crippen molar-refractivity contribution in [3.05, 3.63) is 187 Å². The molecule has 0 bridgehead atoms. The van der Waals surface area contributed by atoms with Crippen molar-refractivity contribution in [2.24, 2.45) is 0 Å². The molecule has 6 heteroatoms. The van der Waals surface area contributed by atoms with Crippen LogP contribution in [0.1, 0.15) is 17.9 Å². The summed E-state index contributed by atoms with van der Waals surface area (Å²) in [5.74, 6) is 3.77. The van der Waals surface area contributed by atoms with Crippen molar-refractivity contribution in [2.45, 2.75) is 12.3 Å². The van der Waals surface area contributed by atoms with Gasteiger partial charge in [0.2, 0.25) is 0 Å². The number of fused-ring (bicyclic) bond motifs is 9. The maximum Gasteiger partial charge on any atom is 0.165 e. The molecule has 2 aliphatic rings. The van der Waals surface area contributed by atoms with E-state index in [1.165, 1.54) is 53.1 Å². The molecule has 1 unspecified atom stereocenters. The van der Waals surface area contributed by atoms with Gasteiger partial charge in [0.1, 0.15) is 11.5 Å². The summed E-state index contributed by atoms with van der Waals surface area (Å²) < 4.78 is 11.6. The molecule has 268 valence electrons. The van der Waals surface area contributed by atoms with E-state index >= 15 is 0 Å². The van der Waals surface area contributed by atoms with Gasteiger partial charge < -0.3 is 9.30 Å². The minimum absolute atomic E-state index is 0.0272. The SMILES string of the molecule is C1=C2Oc3cccc(-c4nc(-c5ccccc5)nc(-c5cccc6c5sc5ccccc56)n4)c3C2CC=C1n1c2ccccc2c2ccc(-c3ccccc3)cc21. The molecule has 0 spiro atoms. The normalized spacial score (nSPS) is 14.8. The second kappa shape index (κ2) is 12.7. The van der Waals surface area contributed by atoms with E-state index in [2.05, 4.69) is 162 Å². The summed E-state index contributed by atoms with van der Waals surface area (Å²) in [6.45, 7) is 0. The van der Waals surface area contributed by atoms with Gasteiger partial charge in [-0.2, -0.15) is 0 Å². The molecule has 10 aromatic rings. The number of aromatic nitrogens is 4. The summed E-state index contributed by atoms with van der Waals surface area (Å²) in [4.78, 5) is 15.6. The topological polar surface area (TPSA) is 52.8 Å². The smallest absolute Gasteiger partial charge is 0.165 e. The zero-order valence-corrected chi connectivity index (χ0v) is 31.4. The Hall–Kier alpha value is -7.15. The van der Waals surface area contributed by atoms with Gasteiger partial charge in [-0.1, -0.05) is 140 Å². The zero-order chi connectivity index (χ0) is 37.5. The number of hydrogen-bond acceptors (Lipinski definition) is 5. The molecule has 57 heavy (non-hydrogen) atoms. The van der Waals surface area contributed by atoms with E-state index in [9.17, 15) is 0 Å². The van der Waals surface area contributed by atoms with E-state index in [-0.39, 0.29) is 5.92 Å². The maximum absolute atomic E-state index is 6.78. The van der Waals surface area contributed by atoms with Crippen LogP contribution < -0.4 is 4.74 Å². The molecular weight excluding hydrogens is 717 g/mol. The number of allylic oxidation sites excluding steroid dienone is 4. The van der Waals surface area contributed by atoms with Gasteiger partial charge in [-0.3, -0.25) is 0 Å². The molecule has 5 nitrogen and oxygen atoms in total. The first-order chi connectivity index (χ1) is 28.2. The van der Waals surface area contributed by atoms with Gasteiger partial charge in [0.15, 0.2) is 17.5 Å². The van der Waals surface area contributed by atoms with Crippen LogP contribution in [0.25, 0.3) is 93.0 Å². The molecule has 1 atom stereocenters. The molecular formula is C51H32N4OS. The standard InChI is InChI=1S/C51H32N4OS/c1-3-13-31(14-4-1)33-25-27-36-35-17-7-9-22-42(35)55(43(36)29-33)34-26-28-39-45(30-34)56-44-23-12-20-40(47(39)44)50-52-49(32-15-5-2-6-16-32)53-51(54-50)41-21-11-19-38-37-18-8-10-24-46(37)57-48(38)41/h1-27,29-30,39H,28H2. The highest BCUT2D eigenvalue weighted by Crippen LogP contribution is 2.50. The first-order valence-corrected chi connectivity index (χ1v) is 20.1. The molecule has 0 saturated carbocycles. The van der Waals surface area contributed by atoms with Gasteiger partial charge in [-0.15, -0.1) is 11.3 Å². The van der Waals surface area contributed by atoms with Crippen LogP contribution in [0.5, 0.6) is 5.75 Å². The molecule has 7 aromatic carbocycles. The third kappa shape index (κ3) is 5.11. The number of benzene rings is 7. The van der Waals surface area contributed by atoms with Crippen molar-refractivity contribution < 1.29 is 4.74 Å². The molecule has 4 heterocycles. The fourth-order valence-corrected chi connectivity index (χ4v) is 10.0. The second-order valence-electron chi connectivity index (χ2n) is 14.7. The van der Waals surface area contributed by atoms with Crippen LogP contribution in [0.15, 0.2) is 182 Å². The number of nitrogens with zero attached hydrogens (tertiary/aromatic N) is 4. The van der Waals surface area contributed by atoms with Gasteiger partial charge >= 0.3 is 0 Å². The lowest BCUT2D eigenvalue weighted by Crippen LogP contribution is -2.08. The minimum atomic E-state index is 0.0272. The Kier molecular flexibility index (Phi) is 7.16. The van der Waals surface area contributed by atoms with Crippen molar-refractivity contribution >= 4 is 59.0 Å². The van der Waals surface area contributed by atoms with Crippen molar-refractivity contribution in [1.82, 2.24) is 19.5 Å². The molecule has 3 aromatic heterocycles. The fraction of sp³-hybridized carbons (Fsp3) is 0.0392. The van der Waals surface area contributed by atoms with Crippen LogP contribution >= 0.6 is 11.3 Å². The van der Waals surface area contributed by atoms with Crippen molar-refractivity contribution in [2.75, 3.05) is 0 Å². The first-order valence-electron chi connectivity index (χ1n) is 19.3. The number of ether oxygens (including phenoxy) is 1. The highest BCUT2D eigenvalue weighted by molar-refractivity contribution is 7.26. The Morgan fingerprint density at radius 3 is 2.05 bits per heavy atom. The van der Waals surface area contributed by atoms with Crippen LogP contribution in [0.4, 0.5) is 0 Å². The van der Waals surface area contributed by atoms with E-state index in [0.29, 0.717) is 17.5 Å². The van der Waals surface area contributed by atoms with Gasteiger partial charge in [-0.05, 0) is 47.9 Å². The van der Waals surface area contributed by atoms with E-state index in [4.69, 9.17) is 19.7 Å². The first kappa shape index (κ1) is 32.1. The molecule has 1 aliphatic heterocycles. The third-order valence-electron chi connectivity index (χ3n) is 11.4. The van der Waals surface area contributed by atoms with Crippen LogP contribution in [0.3, 0.4) is 0 Å². The summed E-state index contributed by atoms with van der Waals surface area (Å²) in [7, 11) is 0. The summed E-state index contributed by atoms with van der Waals surface area (Å²) in [5, 5.41) is 4.93. The van der Waals surface area contributed by atoms with Crippen LogP contribution in [-0.2, 0) is 0 Å². The van der Waals surface area contributed by atoms with Gasteiger partial charge in [0.25, 0.3) is 0 Å². The lowest BCUT2D eigenvalue weighted by atomic mass is 9.88. The Morgan fingerprint density at radius 1 is 0.526 bits per heavy atom. The third-order valence-corrected chi connectivity index (χ3v) is 12.7. The molecule has 0 fully saturated rings. The second-order valence-corrected chi connectivity index (χ2v) is 15.7.